The zero-order valence-corrected chi connectivity index (χ0v) is 16.2. The van der Waals surface area contributed by atoms with Gasteiger partial charge in [-0.05, 0) is 37.5 Å². The fourth-order valence-corrected chi connectivity index (χ4v) is 3.37. The minimum atomic E-state index is -0.817. The molecule has 1 aromatic rings. The number of aryl methyl sites for hydroxylation is 2. The Labute approximate surface area is 161 Å². The molecule has 0 fully saturated rings. The summed E-state index contributed by atoms with van der Waals surface area (Å²) in [4.78, 5) is 47.3. The molecule has 148 valence electrons. The van der Waals surface area contributed by atoms with Crippen molar-refractivity contribution in [3.63, 3.8) is 0 Å². The molecule has 2 aliphatic rings. The summed E-state index contributed by atoms with van der Waals surface area (Å²) in [5.41, 5.74) is 2.28. The molecule has 3 rings (SSSR count). The number of aromatic amines is 1. The van der Waals surface area contributed by atoms with Crippen molar-refractivity contribution in [2.75, 3.05) is 19.0 Å². The SMILES string of the molecule is Cc1cc2nc3c(=O)[nH]c(=O)nc-3n(CCCCCC(=O)O)c2cc1N(C)C. The Morgan fingerprint density at radius 1 is 1.18 bits per heavy atom. The minimum absolute atomic E-state index is 0.120. The van der Waals surface area contributed by atoms with Crippen LogP contribution in [0.25, 0.3) is 22.6 Å². The molecule has 0 aromatic heterocycles. The van der Waals surface area contributed by atoms with Crippen LogP contribution in [0, 0.1) is 6.92 Å². The number of carboxylic acid groups (broad SMARTS) is 1. The summed E-state index contributed by atoms with van der Waals surface area (Å²) in [6.07, 6.45) is 2.10. The Morgan fingerprint density at radius 3 is 2.61 bits per heavy atom. The second kappa shape index (κ2) is 7.79. The van der Waals surface area contributed by atoms with Gasteiger partial charge in [0.05, 0.1) is 11.0 Å². The van der Waals surface area contributed by atoms with Gasteiger partial charge in [-0.25, -0.2) is 9.78 Å². The summed E-state index contributed by atoms with van der Waals surface area (Å²) in [7, 11) is 3.88. The number of hydrogen-bond donors (Lipinski definition) is 2. The Kier molecular flexibility index (Phi) is 5.43. The maximum atomic E-state index is 12.3. The molecule has 28 heavy (non-hydrogen) atoms. The highest BCUT2D eigenvalue weighted by molar-refractivity contribution is 5.84. The maximum Gasteiger partial charge on any atom is 0.349 e. The van der Waals surface area contributed by atoms with Gasteiger partial charge < -0.3 is 14.6 Å². The van der Waals surface area contributed by atoms with E-state index in [0.717, 1.165) is 16.8 Å². The van der Waals surface area contributed by atoms with Crippen LogP contribution in [-0.4, -0.2) is 44.7 Å². The number of unbranched alkanes of at least 4 members (excludes halogenated alkanes) is 2. The Hall–Kier alpha value is -3.23. The van der Waals surface area contributed by atoms with Gasteiger partial charge in [-0.3, -0.25) is 14.6 Å². The van der Waals surface area contributed by atoms with Crippen LogP contribution in [0.15, 0.2) is 21.7 Å². The van der Waals surface area contributed by atoms with Crippen molar-refractivity contribution in [1.29, 1.82) is 0 Å². The first-order valence-corrected chi connectivity index (χ1v) is 9.12. The molecule has 1 aromatic carbocycles. The molecule has 0 aliphatic carbocycles. The Morgan fingerprint density at radius 2 is 1.93 bits per heavy atom. The van der Waals surface area contributed by atoms with Crippen LogP contribution < -0.4 is 16.1 Å². The highest BCUT2D eigenvalue weighted by Crippen LogP contribution is 2.28. The van der Waals surface area contributed by atoms with Gasteiger partial charge in [0, 0.05) is 32.7 Å². The molecule has 2 N–H and O–H groups in total. The van der Waals surface area contributed by atoms with Crippen molar-refractivity contribution < 1.29 is 9.90 Å². The summed E-state index contributed by atoms with van der Waals surface area (Å²) in [6, 6.07) is 3.89. The zero-order chi connectivity index (χ0) is 20.4. The monoisotopic (exact) mass is 385 g/mol. The van der Waals surface area contributed by atoms with E-state index < -0.39 is 17.2 Å². The molecule has 2 heterocycles. The smallest absolute Gasteiger partial charge is 0.349 e. The number of nitrogens with zero attached hydrogens (tertiary/aromatic N) is 4. The molecule has 0 saturated heterocycles. The average molecular weight is 385 g/mol. The van der Waals surface area contributed by atoms with Gasteiger partial charge in [0.15, 0.2) is 11.5 Å². The number of nitrogens with one attached hydrogen (secondary N) is 1. The number of aliphatic carboxylic acids is 1. The number of hydrogen-bond acceptors (Lipinski definition) is 6. The zero-order valence-electron chi connectivity index (χ0n) is 16.2. The van der Waals surface area contributed by atoms with E-state index in [4.69, 9.17) is 5.11 Å². The Bertz CT molecular complexity index is 1120. The molecule has 0 atom stereocenters. The van der Waals surface area contributed by atoms with Gasteiger partial charge >= 0.3 is 11.7 Å². The first-order valence-electron chi connectivity index (χ1n) is 9.12. The van der Waals surface area contributed by atoms with E-state index >= 15 is 0 Å². The molecule has 0 saturated carbocycles. The largest absolute Gasteiger partial charge is 0.481 e. The molecule has 9 nitrogen and oxygen atoms in total. The second-order valence-electron chi connectivity index (χ2n) is 7.03. The van der Waals surface area contributed by atoms with E-state index in [2.05, 4.69) is 15.0 Å². The lowest BCUT2D eigenvalue weighted by Crippen LogP contribution is -2.29. The number of carbonyl (C=O) groups is 1. The molecule has 0 radical (unpaired) electrons. The summed E-state index contributed by atoms with van der Waals surface area (Å²) < 4.78 is 1.83. The van der Waals surface area contributed by atoms with Gasteiger partial charge in [-0.1, -0.05) is 6.42 Å². The molecule has 2 aliphatic heterocycles. The van der Waals surface area contributed by atoms with Crippen LogP contribution in [0.4, 0.5) is 5.69 Å². The van der Waals surface area contributed by atoms with Crippen molar-refractivity contribution in [3.05, 3.63) is 38.5 Å². The van der Waals surface area contributed by atoms with Gasteiger partial charge in [0.2, 0.25) is 0 Å². The van der Waals surface area contributed by atoms with Crippen LogP contribution in [0.1, 0.15) is 31.2 Å². The predicted octanol–water partition coefficient (Wildman–Crippen LogP) is 1.60. The van der Waals surface area contributed by atoms with E-state index in [9.17, 15) is 14.4 Å². The lowest BCUT2D eigenvalue weighted by Gasteiger charge is -2.21. The normalized spacial score (nSPS) is 11.2. The predicted molar refractivity (Wildman–Crippen MR) is 106 cm³/mol. The lowest BCUT2D eigenvalue weighted by atomic mass is 10.1. The van der Waals surface area contributed by atoms with Gasteiger partial charge in [-0.15, -0.1) is 0 Å². The van der Waals surface area contributed by atoms with Crippen LogP contribution in [0.3, 0.4) is 0 Å². The topological polar surface area (TPSA) is 121 Å². The number of anilines is 1. The van der Waals surface area contributed by atoms with Gasteiger partial charge in [0.1, 0.15) is 0 Å². The van der Waals surface area contributed by atoms with Crippen LogP contribution in [-0.2, 0) is 11.3 Å². The van der Waals surface area contributed by atoms with Crippen LogP contribution in [0.2, 0.25) is 0 Å². The lowest BCUT2D eigenvalue weighted by molar-refractivity contribution is -0.137. The third-order valence-corrected chi connectivity index (χ3v) is 4.68. The molecule has 0 amide bonds. The summed E-state index contributed by atoms with van der Waals surface area (Å²) in [6.45, 7) is 2.47. The number of aromatic nitrogens is 4. The summed E-state index contributed by atoms with van der Waals surface area (Å²) in [5, 5.41) is 8.78. The van der Waals surface area contributed by atoms with Crippen LogP contribution in [0.5, 0.6) is 0 Å². The third kappa shape index (κ3) is 3.88. The minimum Gasteiger partial charge on any atom is -0.481 e. The standard InChI is InChI=1S/C19H23N5O4/c1-11-9-12-14(10-13(11)23(2)3)24(8-6-4-5-7-15(25)26)17-16(20-12)18(27)22-19(28)21-17/h9-10H,4-8H2,1-3H3,(H,25,26)(H,22,27,28). The maximum absolute atomic E-state index is 12.3. The molecule has 0 spiro atoms. The molecule has 9 heteroatoms. The van der Waals surface area contributed by atoms with Crippen molar-refractivity contribution in [2.24, 2.45) is 0 Å². The number of H-pyrrole nitrogens is 1. The van der Waals surface area contributed by atoms with Crippen molar-refractivity contribution >= 4 is 22.7 Å². The van der Waals surface area contributed by atoms with Crippen molar-refractivity contribution in [1.82, 2.24) is 19.5 Å². The van der Waals surface area contributed by atoms with E-state index in [-0.39, 0.29) is 17.9 Å². The summed E-state index contributed by atoms with van der Waals surface area (Å²) >= 11 is 0. The molecular formula is C19H23N5O4. The van der Waals surface area contributed by atoms with E-state index in [1.807, 2.05) is 42.6 Å². The average Bonchev–Trinajstić information content (AvgIpc) is 2.60. The fourth-order valence-electron chi connectivity index (χ4n) is 3.37. The number of rotatable bonds is 7. The summed E-state index contributed by atoms with van der Waals surface area (Å²) in [5.74, 6) is -0.573. The Balaban J connectivity index is 2.14. The molecule has 0 bridgehead atoms. The highest BCUT2D eigenvalue weighted by atomic mass is 16.4. The number of carboxylic acids is 1. The van der Waals surface area contributed by atoms with E-state index in [0.29, 0.717) is 31.3 Å². The van der Waals surface area contributed by atoms with Gasteiger partial charge in [0.25, 0.3) is 5.56 Å². The fraction of sp³-hybridized carbons (Fsp3) is 0.421. The highest BCUT2D eigenvalue weighted by Gasteiger charge is 2.19. The first-order chi connectivity index (χ1) is 13.3. The second-order valence-corrected chi connectivity index (χ2v) is 7.03. The van der Waals surface area contributed by atoms with E-state index in [1.165, 1.54) is 0 Å². The third-order valence-electron chi connectivity index (χ3n) is 4.68. The molecular weight excluding hydrogens is 362 g/mol. The number of benzene rings is 1. The van der Waals surface area contributed by atoms with E-state index in [1.54, 1.807) is 0 Å². The van der Waals surface area contributed by atoms with Crippen LogP contribution >= 0.6 is 0 Å². The van der Waals surface area contributed by atoms with Gasteiger partial charge in [-0.2, -0.15) is 4.98 Å². The van der Waals surface area contributed by atoms with Crippen molar-refractivity contribution in [3.8, 4) is 11.5 Å². The number of fused-ring (bicyclic) bond motifs is 2. The van der Waals surface area contributed by atoms with Crippen molar-refractivity contribution in [2.45, 2.75) is 39.2 Å². The first kappa shape index (κ1) is 19.5. The molecule has 0 unspecified atom stereocenters. The quantitative estimate of drug-likeness (QED) is 0.468.